The van der Waals surface area contributed by atoms with Crippen LogP contribution in [0.3, 0.4) is 0 Å². The molecular formula is C17H16N4O3. The summed E-state index contributed by atoms with van der Waals surface area (Å²) in [5.74, 6) is 1.60. The van der Waals surface area contributed by atoms with Gasteiger partial charge in [-0.2, -0.15) is 9.61 Å². The summed E-state index contributed by atoms with van der Waals surface area (Å²) in [5, 5.41) is 5.81. The Balaban J connectivity index is 2.01. The minimum Gasteiger partial charge on any atom is -0.493 e. The third kappa shape index (κ3) is 2.17. The number of aromatic amines is 1. The Hall–Kier alpha value is -3.09. The summed E-state index contributed by atoms with van der Waals surface area (Å²) < 4.78 is 12.3. The van der Waals surface area contributed by atoms with Crippen molar-refractivity contribution in [1.82, 2.24) is 19.6 Å². The van der Waals surface area contributed by atoms with E-state index in [2.05, 4.69) is 15.1 Å². The number of rotatable bonds is 3. The summed E-state index contributed by atoms with van der Waals surface area (Å²) in [6.07, 6.45) is 5.52. The minimum absolute atomic E-state index is 0.247. The highest BCUT2D eigenvalue weighted by molar-refractivity contribution is 5.62. The quantitative estimate of drug-likeness (QED) is 0.733. The smallest absolute Gasteiger partial charge is 0.276 e. The molecule has 0 saturated heterocycles. The number of methoxy groups -OCH3 is 2. The number of imidazole rings is 1. The first-order chi connectivity index (χ1) is 11.7. The van der Waals surface area contributed by atoms with E-state index >= 15 is 0 Å². The number of aryl methyl sites for hydroxylation is 1. The van der Waals surface area contributed by atoms with Gasteiger partial charge in [0.2, 0.25) is 5.78 Å². The van der Waals surface area contributed by atoms with E-state index in [9.17, 15) is 4.79 Å². The maximum absolute atomic E-state index is 12.4. The van der Waals surface area contributed by atoms with Crippen LogP contribution in [0.2, 0.25) is 0 Å². The molecule has 1 aliphatic rings. The van der Waals surface area contributed by atoms with Crippen molar-refractivity contribution < 1.29 is 9.47 Å². The summed E-state index contributed by atoms with van der Waals surface area (Å²) in [5.41, 5.74) is 1.39. The van der Waals surface area contributed by atoms with Gasteiger partial charge in [-0.1, -0.05) is 18.2 Å². The zero-order valence-corrected chi connectivity index (χ0v) is 13.4. The van der Waals surface area contributed by atoms with Crippen molar-refractivity contribution >= 4 is 17.9 Å². The van der Waals surface area contributed by atoms with Gasteiger partial charge in [0.1, 0.15) is 5.35 Å². The second kappa shape index (κ2) is 5.52. The van der Waals surface area contributed by atoms with Gasteiger partial charge in [0, 0.05) is 5.56 Å². The van der Waals surface area contributed by atoms with Crippen molar-refractivity contribution in [2.24, 2.45) is 0 Å². The van der Waals surface area contributed by atoms with E-state index in [0.717, 1.165) is 29.4 Å². The largest absolute Gasteiger partial charge is 0.493 e. The second-order valence-electron chi connectivity index (χ2n) is 5.49. The van der Waals surface area contributed by atoms with Crippen molar-refractivity contribution in [3.63, 3.8) is 0 Å². The molecule has 7 nitrogen and oxygen atoms in total. The van der Waals surface area contributed by atoms with Gasteiger partial charge in [0.25, 0.3) is 5.56 Å². The van der Waals surface area contributed by atoms with Gasteiger partial charge in [0.05, 0.1) is 25.3 Å². The highest BCUT2D eigenvalue weighted by atomic mass is 16.5. The maximum atomic E-state index is 12.4. The zero-order valence-electron chi connectivity index (χ0n) is 13.4. The molecule has 0 fully saturated rings. The van der Waals surface area contributed by atoms with Gasteiger partial charge in [-0.05, 0) is 25.0 Å². The van der Waals surface area contributed by atoms with Crippen LogP contribution in [0.4, 0.5) is 0 Å². The Bertz CT molecular complexity index is 1110. The van der Waals surface area contributed by atoms with Gasteiger partial charge < -0.3 is 9.47 Å². The van der Waals surface area contributed by atoms with E-state index in [1.54, 1.807) is 30.9 Å². The molecule has 0 atom stereocenters. The van der Waals surface area contributed by atoms with Crippen molar-refractivity contribution in [2.45, 2.75) is 12.8 Å². The predicted octanol–water partition coefficient (Wildman–Crippen LogP) is -0.00970. The molecule has 0 radical (unpaired) electrons. The number of nitrogens with zero attached hydrogens (tertiary/aromatic N) is 3. The summed E-state index contributed by atoms with van der Waals surface area (Å²) in [7, 11) is 3.14. The molecule has 24 heavy (non-hydrogen) atoms. The molecule has 4 rings (SSSR count). The van der Waals surface area contributed by atoms with Crippen LogP contribution in [-0.4, -0.2) is 33.8 Å². The topological polar surface area (TPSA) is 81.5 Å². The molecule has 3 aromatic rings. The Morgan fingerprint density at radius 2 is 2.17 bits per heavy atom. The monoisotopic (exact) mass is 324 g/mol. The Labute approximate surface area is 136 Å². The molecular weight excluding hydrogens is 308 g/mol. The summed E-state index contributed by atoms with van der Waals surface area (Å²) in [6.45, 7) is 0. The number of fused-ring (bicyclic) bond motifs is 2. The Kier molecular flexibility index (Phi) is 3.34. The lowest BCUT2D eigenvalue weighted by Gasteiger charge is -2.09. The molecule has 0 saturated carbocycles. The molecule has 0 amide bonds. The Morgan fingerprint density at radius 3 is 2.96 bits per heavy atom. The highest BCUT2D eigenvalue weighted by Crippen LogP contribution is 2.30. The van der Waals surface area contributed by atoms with E-state index < -0.39 is 0 Å². The molecule has 2 aromatic heterocycles. The Morgan fingerprint density at radius 1 is 1.29 bits per heavy atom. The average molecular weight is 324 g/mol. The minimum atomic E-state index is -0.247. The number of para-hydroxylation sites is 1. The third-order valence-corrected chi connectivity index (χ3v) is 4.07. The zero-order chi connectivity index (χ0) is 16.7. The van der Waals surface area contributed by atoms with E-state index in [1.807, 2.05) is 18.2 Å². The van der Waals surface area contributed by atoms with Gasteiger partial charge in [-0.3, -0.25) is 9.78 Å². The second-order valence-corrected chi connectivity index (χ2v) is 5.49. The predicted molar refractivity (Wildman–Crippen MR) is 88.8 cm³/mol. The number of hydrogen-bond acceptors (Lipinski definition) is 5. The fraction of sp³-hybridized carbons (Fsp3) is 0.235. The van der Waals surface area contributed by atoms with Crippen LogP contribution in [0.1, 0.15) is 17.7 Å². The number of ether oxygens (including phenoxy) is 2. The van der Waals surface area contributed by atoms with Gasteiger partial charge >= 0.3 is 0 Å². The number of hydrogen-bond donors (Lipinski definition) is 1. The molecule has 1 aliphatic carbocycles. The fourth-order valence-corrected chi connectivity index (χ4v) is 2.94. The molecule has 1 N–H and O–H groups in total. The standard InChI is InChI=1S/C17H16N4O3/c1-23-14-8-3-5-10(15(14)24-2)9-13-16(22)19-17-18-11-6-4-7-12(11)20-21(13)17/h3,5-6,8-9H,4,7H2,1-2H3,(H,18,19,22)/b13-9-. The van der Waals surface area contributed by atoms with Crippen molar-refractivity contribution in [2.75, 3.05) is 14.2 Å². The normalized spacial score (nSPS) is 13.8. The van der Waals surface area contributed by atoms with Gasteiger partial charge in [-0.25, -0.2) is 4.98 Å². The van der Waals surface area contributed by atoms with E-state index in [0.29, 0.717) is 22.6 Å². The highest BCUT2D eigenvalue weighted by Gasteiger charge is 2.13. The van der Waals surface area contributed by atoms with Crippen molar-refractivity contribution in [1.29, 1.82) is 0 Å². The molecule has 0 unspecified atom stereocenters. The van der Waals surface area contributed by atoms with Crippen molar-refractivity contribution in [3.8, 4) is 11.5 Å². The first-order valence-electron chi connectivity index (χ1n) is 7.62. The first-order valence-corrected chi connectivity index (χ1v) is 7.62. The summed E-state index contributed by atoms with van der Waals surface area (Å²) >= 11 is 0. The van der Waals surface area contributed by atoms with Crippen LogP contribution < -0.4 is 25.7 Å². The maximum Gasteiger partial charge on any atom is 0.276 e. The SMILES string of the molecule is COc1cccc(/C=c2/c(=O)[nH]c3nc4c(nn23)CCC=4)c1OC. The van der Waals surface area contributed by atoms with Crippen molar-refractivity contribution in [3.05, 3.63) is 50.5 Å². The lowest BCUT2D eigenvalue weighted by atomic mass is 10.1. The van der Waals surface area contributed by atoms with Crippen LogP contribution in [0, 0.1) is 0 Å². The number of benzene rings is 1. The van der Waals surface area contributed by atoms with Gasteiger partial charge in [-0.15, -0.1) is 0 Å². The molecule has 0 aliphatic heterocycles. The van der Waals surface area contributed by atoms with Crippen LogP contribution >= 0.6 is 0 Å². The first kappa shape index (κ1) is 14.5. The lowest BCUT2D eigenvalue weighted by molar-refractivity contribution is 0.354. The molecule has 2 heterocycles. The molecule has 122 valence electrons. The van der Waals surface area contributed by atoms with Crippen LogP contribution in [-0.2, 0) is 6.42 Å². The molecule has 0 spiro atoms. The molecule has 1 aromatic carbocycles. The number of H-pyrrole nitrogens is 1. The molecule has 0 bridgehead atoms. The molecule has 7 heteroatoms. The average Bonchev–Trinajstić information content (AvgIpc) is 3.16. The van der Waals surface area contributed by atoms with Crippen LogP contribution in [0.15, 0.2) is 23.0 Å². The summed E-state index contributed by atoms with van der Waals surface area (Å²) in [4.78, 5) is 19.6. The number of aromatic nitrogens is 4. The lowest BCUT2D eigenvalue weighted by Crippen LogP contribution is -2.28. The van der Waals surface area contributed by atoms with Gasteiger partial charge in [0.15, 0.2) is 11.5 Å². The summed E-state index contributed by atoms with van der Waals surface area (Å²) in [6, 6.07) is 5.50. The van der Waals surface area contributed by atoms with E-state index in [-0.39, 0.29) is 5.56 Å². The van der Waals surface area contributed by atoms with E-state index in [4.69, 9.17) is 9.47 Å². The van der Waals surface area contributed by atoms with Crippen LogP contribution in [0.5, 0.6) is 11.5 Å². The fourth-order valence-electron chi connectivity index (χ4n) is 2.94. The van der Waals surface area contributed by atoms with Crippen LogP contribution in [0.25, 0.3) is 17.9 Å². The third-order valence-electron chi connectivity index (χ3n) is 4.07. The van der Waals surface area contributed by atoms with E-state index in [1.165, 1.54) is 0 Å². The number of nitrogens with one attached hydrogen (secondary N) is 1.